The van der Waals surface area contributed by atoms with Gasteiger partial charge in [-0.3, -0.25) is 4.79 Å². The molecule has 1 aromatic rings. The summed E-state index contributed by atoms with van der Waals surface area (Å²) >= 11 is 8.96. The molecule has 7 heteroatoms. The molecule has 0 saturated heterocycles. The standard InChI is InChI=1S/C6H5BrOS.CH5N3S/c1-4(8)6-5(7)2-3-9-6;2-1(5)4-3/h2-3H,1H3;3H2,(H3,2,4,5). The van der Waals surface area contributed by atoms with E-state index in [0.717, 1.165) is 9.35 Å². The van der Waals surface area contributed by atoms with Crippen LogP contribution in [-0.2, 0) is 0 Å². The number of ketones is 1. The number of carbonyl (C=O) groups excluding carboxylic acids is 1. The molecule has 0 bridgehead atoms. The Bertz CT molecular complexity index is 326. The molecule has 0 radical (unpaired) electrons. The molecule has 0 aromatic carbocycles. The Morgan fingerprint density at radius 1 is 1.71 bits per heavy atom. The van der Waals surface area contributed by atoms with Gasteiger partial charge < -0.3 is 11.2 Å². The van der Waals surface area contributed by atoms with Crippen molar-refractivity contribution in [2.75, 3.05) is 0 Å². The summed E-state index contributed by atoms with van der Waals surface area (Å²) in [5.41, 5.74) is 6.82. The van der Waals surface area contributed by atoms with Crippen LogP contribution in [0.25, 0.3) is 0 Å². The second-order valence-corrected chi connectivity index (χ2v) is 4.37. The lowest BCUT2D eigenvalue weighted by molar-refractivity contribution is 0.102. The van der Waals surface area contributed by atoms with Crippen molar-refractivity contribution in [1.29, 1.82) is 0 Å². The molecule has 4 nitrogen and oxygen atoms in total. The van der Waals surface area contributed by atoms with Crippen LogP contribution in [0.3, 0.4) is 0 Å². The summed E-state index contributed by atoms with van der Waals surface area (Å²) < 4.78 is 0.903. The maximum Gasteiger partial charge on any atom is 0.177 e. The van der Waals surface area contributed by atoms with Crippen LogP contribution < -0.4 is 17.0 Å². The zero-order chi connectivity index (χ0) is 11.1. The van der Waals surface area contributed by atoms with Gasteiger partial charge in [0, 0.05) is 4.47 Å². The van der Waals surface area contributed by atoms with Gasteiger partial charge in [-0.1, -0.05) is 0 Å². The maximum absolute atomic E-state index is 10.7. The van der Waals surface area contributed by atoms with Crippen molar-refractivity contribution in [1.82, 2.24) is 5.43 Å². The first-order valence-corrected chi connectivity index (χ1v) is 5.57. The second kappa shape index (κ2) is 6.88. The quantitative estimate of drug-likeness (QED) is 0.316. The Hall–Kier alpha value is -0.500. The third-order valence-corrected chi connectivity index (χ3v) is 3.14. The van der Waals surface area contributed by atoms with Gasteiger partial charge in [-0.25, -0.2) is 5.84 Å². The number of nitrogens with one attached hydrogen (secondary N) is 1. The van der Waals surface area contributed by atoms with Crippen LogP contribution in [0.5, 0.6) is 0 Å². The lowest BCUT2D eigenvalue weighted by atomic mass is 10.4. The third kappa shape index (κ3) is 5.28. The fourth-order valence-corrected chi connectivity index (χ4v) is 2.10. The van der Waals surface area contributed by atoms with E-state index in [9.17, 15) is 4.79 Å². The van der Waals surface area contributed by atoms with Gasteiger partial charge in [-0.15, -0.1) is 11.3 Å². The van der Waals surface area contributed by atoms with E-state index in [4.69, 9.17) is 5.73 Å². The SMILES string of the molecule is CC(=O)c1sccc1Br.NNC(N)=S. The number of hydrogen-bond donors (Lipinski definition) is 3. The highest BCUT2D eigenvalue weighted by atomic mass is 79.9. The number of Topliss-reactive ketones (excluding diaryl/α,β-unsaturated/α-hetero) is 1. The smallest absolute Gasteiger partial charge is 0.177 e. The molecule has 0 amide bonds. The van der Waals surface area contributed by atoms with Gasteiger partial charge in [-0.05, 0) is 46.5 Å². The summed E-state index contributed by atoms with van der Waals surface area (Å²) in [6, 6.07) is 1.88. The number of nitrogens with two attached hydrogens (primary N) is 2. The largest absolute Gasteiger partial charge is 0.375 e. The Kier molecular flexibility index (Phi) is 6.64. The predicted molar refractivity (Wildman–Crippen MR) is 66.1 cm³/mol. The average Bonchev–Trinajstić information content (AvgIpc) is 2.52. The summed E-state index contributed by atoms with van der Waals surface area (Å²) in [5.74, 6) is 4.78. The average molecular weight is 296 g/mol. The zero-order valence-corrected chi connectivity index (χ0v) is 10.6. The molecule has 0 atom stereocenters. The lowest BCUT2D eigenvalue weighted by Gasteiger charge is -1.85. The van der Waals surface area contributed by atoms with E-state index in [2.05, 4.69) is 34.0 Å². The minimum atomic E-state index is 0.116. The molecule has 0 unspecified atom stereocenters. The van der Waals surface area contributed by atoms with E-state index >= 15 is 0 Å². The van der Waals surface area contributed by atoms with Crippen molar-refractivity contribution in [2.45, 2.75) is 6.92 Å². The molecular weight excluding hydrogens is 286 g/mol. The Morgan fingerprint density at radius 3 is 2.36 bits per heavy atom. The molecule has 0 saturated carbocycles. The lowest BCUT2D eigenvalue weighted by Crippen LogP contribution is -2.34. The number of rotatable bonds is 1. The van der Waals surface area contributed by atoms with Gasteiger partial charge in [0.05, 0.1) is 4.88 Å². The maximum atomic E-state index is 10.7. The summed E-state index contributed by atoms with van der Waals surface area (Å²) in [6.07, 6.45) is 0. The zero-order valence-electron chi connectivity index (χ0n) is 7.41. The second-order valence-electron chi connectivity index (χ2n) is 2.16. The number of thiophene rings is 1. The molecule has 1 aromatic heterocycles. The van der Waals surface area contributed by atoms with Crippen LogP contribution in [-0.4, -0.2) is 10.9 Å². The summed E-state index contributed by atoms with van der Waals surface area (Å²) in [6.45, 7) is 1.57. The number of halogens is 1. The molecule has 0 aliphatic heterocycles. The molecule has 0 fully saturated rings. The van der Waals surface area contributed by atoms with E-state index in [-0.39, 0.29) is 10.9 Å². The van der Waals surface area contributed by atoms with Crippen LogP contribution in [0.4, 0.5) is 0 Å². The first kappa shape index (κ1) is 13.5. The molecule has 14 heavy (non-hydrogen) atoms. The van der Waals surface area contributed by atoms with Crippen LogP contribution in [0.2, 0.25) is 0 Å². The summed E-state index contributed by atoms with van der Waals surface area (Å²) in [5, 5.41) is 2.01. The monoisotopic (exact) mass is 295 g/mol. The van der Waals surface area contributed by atoms with Gasteiger partial charge in [0.25, 0.3) is 0 Å². The molecule has 1 rings (SSSR count). The molecule has 78 valence electrons. The Labute approximate surface area is 99.8 Å². The highest BCUT2D eigenvalue weighted by Gasteiger charge is 2.04. The molecule has 1 heterocycles. The van der Waals surface area contributed by atoms with E-state index in [0.29, 0.717) is 0 Å². The van der Waals surface area contributed by atoms with Crippen molar-refractivity contribution < 1.29 is 4.79 Å². The minimum Gasteiger partial charge on any atom is -0.375 e. The van der Waals surface area contributed by atoms with Crippen molar-refractivity contribution in [2.24, 2.45) is 11.6 Å². The first-order chi connectivity index (χ1) is 6.49. The van der Waals surface area contributed by atoms with Gasteiger partial charge >= 0.3 is 0 Å². The Morgan fingerprint density at radius 2 is 2.21 bits per heavy atom. The van der Waals surface area contributed by atoms with Gasteiger partial charge in [0.15, 0.2) is 10.9 Å². The van der Waals surface area contributed by atoms with Crippen LogP contribution in [0.1, 0.15) is 16.6 Å². The van der Waals surface area contributed by atoms with E-state index < -0.39 is 0 Å². The Balaban J connectivity index is 0.000000292. The van der Waals surface area contributed by atoms with Crippen molar-refractivity contribution in [3.05, 3.63) is 20.8 Å². The topological polar surface area (TPSA) is 81.1 Å². The first-order valence-electron chi connectivity index (χ1n) is 3.49. The molecule has 5 N–H and O–H groups in total. The number of hydrogen-bond acceptors (Lipinski definition) is 4. The van der Waals surface area contributed by atoms with Crippen molar-refractivity contribution >= 4 is 50.4 Å². The van der Waals surface area contributed by atoms with Gasteiger partial charge in [0.1, 0.15) is 0 Å². The molecule has 0 aliphatic rings. The van der Waals surface area contributed by atoms with Gasteiger partial charge in [-0.2, -0.15) is 0 Å². The van der Waals surface area contributed by atoms with E-state index in [1.807, 2.05) is 16.9 Å². The number of carbonyl (C=O) groups is 1. The van der Waals surface area contributed by atoms with Crippen LogP contribution in [0.15, 0.2) is 15.9 Å². The highest BCUT2D eigenvalue weighted by molar-refractivity contribution is 9.10. The summed E-state index contributed by atoms with van der Waals surface area (Å²) in [4.78, 5) is 11.5. The molecule has 0 aliphatic carbocycles. The molecule has 0 spiro atoms. The predicted octanol–water partition coefficient (Wildman–Crippen LogP) is 1.41. The fourth-order valence-electron chi connectivity index (χ4n) is 0.545. The number of thiocarbonyl (C=S) groups is 1. The van der Waals surface area contributed by atoms with Crippen LogP contribution >= 0.6 is 39.5 Å². The van der Waals surface area contributed by atoms with Crippen molar-refractivity contribution in [3.8, 4) is 0 Å². The van der Waals surface area contributed by atoms with E-state index in [1.165, 1.54) is 11.3 Å². The third-order valence-electron chi connectivity index (χ3n) is 1.08. The normalized spacial score (nSPS) is 8.50. The van der Waals surface area contributed by atoms with Crippen molar-refractivity contribution in [3.63, 3.8) is 0 Å². The van der Waals surface area contributed by atoms with Gasteiger partial charge in [0.2, 0.25) is 0 Å². The minimum absolute atomic E-state index is 0.116. The van der Waals surface area contributed by atoms with Crippen LogP contribution in [0, 0.1) is 0 Å². The fraction of sp³-hybridized carbons (Fsp3) is 0.143. The number of hydrazine groups is 1. The molecular formula is C7H10BrN3OS2. The highest BCUT2D eigenvalue weighted by Crippen LogP contribution is 2.22. The van der Waals surface area contributed by atoms with E-state index in [1.54, 1.807) is 6.92 Å². The summed E-state index contributed by atoms with van der Waals surface area (Å²) in [7, 11) is 0.